The lowest BCUT2D eigenvalue weighted by Gasteiger charge is -2.04. The third-order valence-corrected chi connectivity index (χ3v) is 2.83. The molecule has 0 radical (unpaired) electrons. The Kier molecular flexibility index (Phi) is 4.79. The van der Waals surface area contributed by atoms with Crippen molar-refractivity contribution < 1.29 is 0 Å². The van der Waals surface area contributed by atoms with Gasteiger partial charge in [0.1, 0.15) is 0 Å². The predicted molar refractivity (Wildman–Crippen MR) is 76.4 cm³/mol. The highest BCUT2D eigenvalue weighted by Crippen LogP contribution is 2.27. The molecule has 17 heavy (non-hydrogen) atoms. The number of hydrogen-bond acceptors (Lipinski definition) is 2. The van der Waals surface area contributed by atoms with E-state index >= 15 is 0 Å². The number of halogens is 2. The van der Waals surface area contributed by atoms with Gasteiger partial charge >= 0.3 is 0 Å². The first-order valence-corrected chi connectivity index (χ1v) is 5.21. The minimum absolute atomic E-state index is 0. The van der Waals surface area contributed by atoms with Gasteiger partial charge in [0.05, 0.1) is 0 Å². The molecule has 0 atom stereocenters. The average Bonchev–Trinajstić information content (AvgIpc) is 2.77. The predicted octanol–water partition coefficient (Wildman–Crippen LogP) is 3.56. The first-order chi connectivity index (χ1) is 7.43. The Morgan fingerprint density at radius 3 is 2.47 bits per heavy atom. The molecule has 2 heterocycles. The van der Waals surface area contributed by atoms with Crippen LogP contribution < -0.4 is 5.32 Å². The second-order valence-electron chi connectivity index (χ2n) is 3.78. The number of fused-ring (bicyclic) bond motifs is 1. The van der Waals surface area contributed by atoms with Crippen LogP contribution in [0.5, 0.6) is 0 Å². The number of aromatic nitrogens is 1. The van der Waals surface area contributed by atoms with Crippen molar-refractivity contribution in [3.8, 4) is 11.1 Å². The van der Waals surface area contributed by atoms with Gasteiger partial charge in [-0.15, -0.1) is 24.8 Å². The summed E-state index contributed by atoms with van der Waals surface area (Å²) in [5.41, 5.74) is 5.22. The highest BCUT2D eigenvalue weighted by Gasteiger charge is 2.10. The Labute approximate surface area is 113 Å². The van der Waals surface area contributed by atoms with E-state index in [1.54, 1.807) is 0 Å². The Balaban J connectivity index is 0.000000722. The average molecular weight is 269 g/mol. The van der Waals surface area contributed by atoms with Crippen molar-refractivity contribution in [2.75, 3.05) is 11.9 Å². The van der Waals surface area contributed by atoms with E-state index in [1.807, 2.05) is 24.5 Å². The van der Waals surface area contributed by atoms with Crippen molar-refractivity contribution in [1.82, 2.24) is 4.98 Å². The van der Waals surface area contributed by atoms with Gasteiger partial charge in [0.2, 0.25) is 0 Å². The van der Waals surface area contributed by atoms with E-state index in [9.17, 15) is 0 Å². The van der Waals surface area contributed by atoms with Gasteiger partial charge in [-0.05, 0) is 47.4 Å². The zero-order valence-corrected chi connectivity index (χ0v) is 10.9. The smallest absolute Gasteiger partial charge is 0.0373 e. The van der Waals surface area contributed by atoms with E-state index in [1.165, 1.54) is 22.4 Å². The molecule has 0 fully saturated rings. The van der Waals surface area contributed by atoms with Crippen LogP contribution in [-0.4, -0.2) is 11.5 Å². The van der Waals surface area contributed by atoms with E-state index in [0.29, 0.717) is 0 Å². The van der Waals surface area contributed by atoms with Crippen molar-refractivity contribution in [2.24, 2.45) is 0 Å². The summed E-state index contributed by atoms with van der Waals surface area (Å²) >= 11 is 0. The SMILES string of the molecule is Cl.Cl.c1cc(-c2ccc3c(c2)CCN3)ccn1. The Morgan fingerprint density at radius 1 is 0.941 bits per heavy atom. The zero-order valence-electron chi connectivity index (χ0n) is 9.22. The second kappa shape index (κ2) is 5.89. The normalized spacial score (nSPS) is 11.8. The largest absolute Gasteiger partial charge is 0.384 e. The van der Waals surface area contributed by atoms with Crippen LogP contribution in [0.2, 0.25) is 0 Å². The maximum atomic E-state index is 4.03. The van der Waals surface area contributed by atoms with Crippen LogP contribution in [0.25, 0.3) is 11.1 Å². The molecule has 2 nitrogen and oxygen atoms in total. The zero-order chi connectivity index (χ0) is 10.1. The molecular weight excluding hydrogens is 255 g/mol. The number of nitrogens with zero attached hydrogens (tertiary/aromatic N) is 1. The molecule has 0 saturated carbocycles. The van der Waals surface area contributed by atoms with Crippen LogP contribution in [0.1, 0.15) is 5.56 Å². The molecule has 1 aliphatic heterocycles. The lowest BCUT2D eigenvalue weighted by Crippen LogP contribution is -1.90. The first kappa shape index (κ1) is 13.8. The van der Waals surface area contributed by atoms with Gasteiger partial charge in [0, 0.05) is 24.6 Å². The lowest BCUT2D eigenvalue weighted by molar-refractivity contribution is 1.11. The summed E-state index contributed by atoms with van der Waals surface area (Å²) in [5.74, 6) is 0. The minimum Gasteiger partial charge on any atom is -0.384 e. The summed E-state index contributed by atoms with van der Waals surface area (Å²) in [5, 5.41) is 3.37. The monoisotopic (exact) mass is 268 g/mol. The Morgan fingerprint density at radius 2 is 1.71 bits per heavy atom. The lowest BCUT2D eigenvalue weighted by atomic mass is 10.0. The fourth-order valence-electron chi connectivity index (χ4n) is 2.03. The summed E-state index contributed by atoms with van der Waals surface area (Å²) in [4.78, 5) is 4.03. The van der Waals surface area contributed by atoms with E-state index in [-0.39, 0.29) is 24.8 Å². The van der Waals surface area contributed by atoms with Crippen LogP contribution in [0.15, 0.2) is 42.7 Å². The van der Waals surface area contributed by atoms with Crippen LogP contribution in [-0.2, 0) is 6.42 Å². The molecule has 4 heteroatoms. The molecule has 0 unspecified atom stereocenters. The van der Waals surface area contributed by atoms with Crippen LogP contribution in [0.3, 0.4) is 0 Å². The highest BCUT2D eigenvalue weighted by molar-refractivity contribution is 5.85. The molecule has 1 N–H and O–H groups in total. The van der Waals surface area contributed by atoms with Crippen molar-refractivity contribution in [1.29, 1.82) is 0 Å². The van der Waals surface area contributed by atoms with Crippen molar-refractivity contribution >= 4 is 30.5 Å². The highest BCUT2D eigenvalue weighted by atomic mass is 35.5. The van der Waals surface area contributed by atoms with Crippen molar-refractivity contribution in [3.05, 3.63) is 48.3 Å². The molecule has 1 aromatic carbocycles. The second-order valence-corrected chi connectivity index (χ2v) is 3.78. The fraction of sp³-hybridized carbons (Fsp3) is 0.154. The number of rotatable bonds is 1. The molecular formula is C13H14Cl2N2. The molecule has 1 aromatic heterocycles. The van der Waals surface area contributed by atoms with E-state index in [2.05, 4.69) is 28.5 Å². The molecule has 3 rings (SSSR count). The minimum atomic E-state index is 0. The van der Waals surface area contributed by atoms with Gasteiger partial charge in [-0.25, -0.2) is 0 Å². The van der Waals surface area contributed by atoms with E-state index < -0.39 is 0 Å². The number of pyridine rings is 1. The number of benzene rings is 1. The summed E-state index contributed by atoms with van der Waals surface area (Å²) in [6.07, 6.45) is 4.80. The van der Waals surface area contributed by atoms with Gasteiger partial charge in [-0.2, -0.15) is 0 Å². The summed E-state index contributed by atoms with van der Waals surface area (Å²) < 4.78 is 0. The third-order valence-electron chi connectivity index (χ3n) is 2.83. The summed E-state index contributed by atoms with van der Waals surface area (Å²) in [6.45, 7) is 1.06. The molecule has 2 aromatic rings. The number of nitrogens with one attached hydrogen (secondary N) is 1. The standard InChI is InChI=1S/C13H12N2.2ClH/c1-2-13-12(5-8-15-13)9-11(1)10-3-6-14-7-4-10;;/h1-4,6-7,9,15H,5,8H2;2*1H. The summed E-state index contributed by atoms with van der Waals surface area (Å²) in [6, 6.07) is 10.7. The Bertz CT molecular complexity index is 486. The number of anilines is 1. The van der Waals surface area contributed by atoms with Gasteiger partial charge in [-0.3, -0.25) is 4.98 Å². The van der Waals surface area contributed by atoms with Crippen LogP contribution in [0, 0.1) is 0 Å². The molecule has 0 amide bonds. The molecule has 0 bridgehead atoms. The molecule has 0 aliphatic carbocycles. The van der Waals surface area contributed by atoms with Gasteiger partial charge in [0.15, 0.2) is 0 Å². The molecule has 90 valence electrons. The summed E-state index contributed by atoms with van der Waals surface area (Å²) in [7, 11) is 0. The topological polar surface area (TPSA) is 24.9 Å². The van der Waals surface area contributed by atoms with Crippen molar-refractivity contribution in [2.45, 2.75) is 6.42 Å². The molecule has 0 saturated heterocycles. The Hall–Kier alpha value is -1.25. The number of hydrogen-bond donors (Lipinski definition) is 1. The fourth-order valence-corrected chi connectivity index (χ4v) is 2.03. The van der Waals surface area contributed by atoms with E-state index in [4.69, 9.17) is 0 Å². The van der Waals surface area contributed by atoms with Gasteiger partial charge in [0.25, 0.3) is 0 Å². The van der Waals surface area contributed by atoms with Crippen molar-refractivity contribution in [3.63, 3.8) is 0 Å². The molecule has 0 spiro atoms. The maximum Gasteiger partial charge on any atom is 0.0373 e. The van der Waals surface area contributed by atoms with Gasteiger partial charge < -0.3 is 5.32 Å². The first-order valence-electron chi connectivity index (χ1n) is 5.21. The van der Waals surface area contributed by atoms with Gasteiger partial charge in [-0.1, -0.05) is 6.07 Å². The maximum absolute atomic E-state index is 4.03. The van der Waals surface area contributed by atoms with Crippen LogP contribution >= 0.6 is 24.8 Å². The quantitative estimate of drug-likeness (QED) is 0.856. The van der Waals surface area contributed by atoms with E-state index in [0.717, 1.165) is 13.0 Å². The third kappa shape index (κ3) is 2.71. The molecule has 1 aliphatic rings. The van der Waals surface area contributed by atoms with Crippen LogP contribution in [0.4, 0.5) is 5.69 Å².